The van der Waals surface area contributed by atoms with Crippen molar-refractivity contribution < 1.29 is 0 Å². The number of aryl methyl sites for hydroxylation is 1. The highest BCUT2D eigenvalue weighted by molar-refractivity contribution is 7.71. The highest BCUT2D eigenvalue weighted by Crippen LogP contribution is 2.22. The van der Waals surface area contributed by atoms with E-state index in [1.54, 1.807) is 0 Å². The molecule has 64 valence electrons. The summed E-state index contributed by atoms with van der Waals surface area (Å²) < 4.78 is 0.924. The molecule has 1 aromatic rings. The molecule has 1 nitrogen and oxygen atoms in total. The summed E-state index contributed by atoms with van der Waals surface area (Å²) >= 11 is 11.1. The summed E-state index contributed by atoms with van der Waals surface area (Å²) in [6, 6.07) is 1.83. The van der Waals surface area contributed by atoms with E-state index in [-0.39, 0.29) is 0 Å². The molecule has 1 aliphatic carbocycles. The average Bonchev–Trinajstić information content (AvgIpc) is 2.04. The second kappa shape index (κ2) is 3.19. The smallest absolute Gasteiger partial charge is 0.107 e. The van der Waals surface area contributed by atoms with Crippen molar-refractivity contribution >= 4 is 23.8 Å². The number of rotatable bonds is 0. The van der Waals surface area contributed by atoms with Gasteiger partial charge in [-0.15, -0.1) is 0 Å². The van der Waals surface area contributed by atoms with Crippen molar-refractivity contribution in [3.63, 3.8) is 0 Å². The van der Waals surface area contributed by atoms with Gasteiger partial charge in [0.1, 0.15) is 5.15 Å². The van der Waals surface area contributed by atoms with Crippen LogP contribution in [0.5, 0.6) is 0 Å². The minimum absolute atomic E-state index is 0.667. The summed E-state index contributed by atoms with van der Waals surface area (Å²) in [7, 11) is 0. The quantitative estimate of drug-likeness (QED) is 0.501. The first kappa shape index (κ1) is 8.27. The molecular weight excluding hydrogens is 190 g/mol. The summed E-state index contributed by atoms with van der Waals surface area (Å²) in [6.07, 6.45) is 4.71. The van der Waals surface area contributed by atoms with E-state index in [2.05, 4.69) is 4.98 Å². The van der Waals surface area contributed by atoms with Crippen LogP contribution in [0.25, 0.3) is 0 Å². The number of halogens is 1. The van der Waals surface area contributed by atoms with Crippen LogP contribution >= 0.6 is 23.8 Å². The fourth-order valence-electron chi connectivity index (χ4n) is 1.70. The van der Waals surface area contributed by atoms with Crippen molar-refractivity contribution in [3.8, 4) is 0 Å². The lowest BCUT2D eigenvalue weighted by Gasteiger charge is -2.15. The molecule has 0 bridgehead atoms. The number of hydrogen-bond acceptors (Lipinski definition) is 1. The number of aromatic amines is 1. The molecule has 0 saturated heterocycles. The van der Waals surface area contributed by atoms with E-state index in [0.29, 0.717) is 5.15 Å². The van der Waals surface area contributed by atoms with Crippen molar-refractivity contribution in [1.82, 2.24) is 4.98 Å². The molecule has 2 rings (SSSR count). The number of nitrogens with one attached hydrogen (secondary N) is 1. The van der Waals surface area contributed by atoms with Crippen LogP contribution < -0.4 is 0 Å². The van der Waals surface area contributed by atoms with Gasteiger partial charge >= 0.3 is 0 Å². The van der Waals surface area contributed by atoms with Gasteiger partial charge in [0.15, 0.2) is 0 Å². The Labute approximate surface area is 81.8 Å². The molecule has 0 unspecified atom stereocenters. The van der Waals surface area contributed by atoms with Gasteiger partial charge in [-0.2, -0.15) is 0 Å². The Morgan fingerprint density at radius 2 is 2.08 bits per heavy atom. The van der Waals surface area contributed by atoms with Crippen molar-refractivity contribution in [2.24, 2.45) is 0 Å². The van der Waals surface area contributed by atoms with Gasteiger partial charge in [-0.1, -0.05) is 23.8 Å². The van der Waals surface area contributed by atoms with E-state index >= 15 is 0 Å². The van der Waals surface area contributed by atoms with E-state index in [0.717, 1.165) is 17.4 Å². The predicted octanol–water partition coefficient (Wildman–Crippen LogP) is 3.28. The van der Waals surface area contributed by atoms with Crippen LogP contribution in [0.15, 0.2) is 6.07 Å². The van der Waals surface area contributed by atoms with Crippen molar-refractivity contribution in [3.05, 3.63) is 27.0 Å². The minimum atomic E-state index is 0.667. The first-order chi connectivity index (χ1) is 5.77. The fourth-order valence-corrected chi connectivity index (χ4v) is 2.33. The first-order valence-electron chi connectivity index (χ1n) is 4.18. The number of pyridine rings is 1. The van der Waals surface area contributed by atoms with Crippen LogP contribution in [0.4, 0.5) is 0 Å². The molecule has 0 fully saturated rings. The van der Waals surface area contributed by atoms with Crippen LogP contribution in [0, 0.1) is 4.51 Å². The van der Waals surface area contributed by atoms with Gasteiger partial charge in [-0.3, -0.25) is 0 Å². The lowest BCUT2D eigenvalue weighted by molar-refractivity contribution is 0.666. The van der Waals surface area contributed by atoms with E-state index in [4.69, 9.17) is 23.8 Å². The Balaban J connectivity index is 2.60. The molecule has 0 atom stereocenters. The normalized spacial score (nSPS) is 15.8. The third-order valence-electron chi connectivity index (χ3n) is 2.29. The predicted molar refractivity (Wildman–Crippen MR) is 53.3 cm³/mol. The largest absolute Gasteiger partial charge is 0.349 e. The first-order valence-corrected chi connectivity index (χ1v) is 4.96. The summed E-state index contributed by atoms with van der Waals surface area (Å²) in [6.45, 7) is 0. The Hall–Kier alpha value is -0.340. The molecule has 0 spiro atoms. The molecule has 0 aliphatic heterocycles. The third kappa shape index (κ3) is 1.41. The molecule has 1 N–H and O–H groups in total. The Bertz CT molecular complexity index is 356. The Morgan fingerprint density at radius 3 is 2.92 bits per heavy atom. The van der Waals surface area contributed by atoms with Crippen LogP contribution in [-0.4, -0.2) is 4.98 Å². The summed E-state index contributed by atoms with van der Waals surface area (Å²) in [5.74, 6) is 0. The number of fused-ring (bicyclic) bond motifs is 1. The van der Waals surface area contributed by atoms with E-state index in [1.807, 2.05) is 6.07 Å². The molecule has 0 aromatic carbocycles. The SMILES string of the molecule is S=c1cc(Cl)[nH]c2c1CCCC2. The number of aromatic nitrogens is 1. The van der Waals surface area contributed by atoms with Gasteiger partial charge in [0.2, 0.25) is 0 Å². The summed E-state index contributed by atoms with van der Waals surface area (Å²) in [4.78, 5) is 3.17. The van der Waals surface area contributed by atoms with Gasteiger partial charge in [-0.25, -0.2) is 0 Å². The van der Waals surface area contributed by atoms with E-state index in [1.165, 1.54) is 24.1 Å². The van der Waals surface area contributed by atoms with Crippen LogP contribution in [-0.2, 0) is 12.8 Å². The zero-order valence-corrected chi connectivity index (χ0v) is 8.26. The average molecular weight is 200 g/mol. The van der Waals surface area contributed by atoms with Crippen molar-refractivity contribution in [2.75, 3.05) is 0 Å². The van der Waals surface area contributed by atoms with Crippen molar-refractivity contribution in [1.29, 1.82) is 0 Å². The number of hydrogen-bond donors (Lipinski definition) is 1. The molecule has 1 aromatic heterocycles. The fraction of sp³-hybridized carbons (Fsp3) is 0.444. The van der Waals surface area contributed by atoms with Gasteiger partial charge < -0.3 is 4.98 Å². The second-order valence-corrected chi connectivity index (χ2v) is 3.99. The van der Waals surface area contributed by atoms with Crippen LogP contribution in [0.3, 0.4) is 0 Å². The van der Waals surface area contributed by atoms with Gasteiger partial charge in [-0.05, 0) is 37.3 Å². The zero-order valence-electron chi connectivity index (χ0n) is 6.69. The number of H-pyrrole nitrogens is 1. The van der Waals surface area contributed by atoms with Gasteiger partial charge in [0, 0.05) is 10.2 Å². The lowest BCUT2D eigenvalue weighted by Crippen LogP contribution is -2.05. The molecule has 1 heterocycles. The lowest BCUT2D eigenvalue weighted by atomic mass is 9.96. The van der Waals surface area contributed by atoms with Crippen LogP contribution in [0.2, 0.25) is 5.15 Å². The van der Waals surface area contributed by atoms with Gasteiger partial charge in [0.05, 0.1) is 0 Å². The Kier molecular flexibility index (Phi) is 2.20. The molecule has 1 aliphatic rings. The molecule has 0 amide bonds. The maximum absolute atomic E-state index is 5.86. The van der Waals surface area contributed by atoms with Crippen LogP contribution in [0.1, 0.15) is 24.1 Å². The summed E-state index contributed by atoms with van der Waals surface area (Å²) in [5, 5.41) is 0.667. The Morgan fingerprint density at radius 1 is 1.33 bits per heavy atom. The third-order valence-corrected chi connectivity index (χ3v) is 2.86. The van der Waals surface area contributed by atoms with E-state index in [9.17, 15) is 0 Å². The molecule has 0 radical (unpaired) electrons. The second-order valence-electron chi connectivity index (χ2n) is 3.15. The van der Waals surface area contributed by atoms with Crippen molar-refractivity contribution in [2.45, 2.75) is 25.7 Å². The minimum Gasteiger partial charge on any atom is -0.349 e. The highest BCUT2D eigenvalue weighted by Gasteiger charge is 2.10. The monoisotopic (exact) mass is 199 g/mol. The summed E-state index contributed by atoms with van der Waals surface area (Å²) in [5.41, 5.74) is 2.56. The molecular formula is C9H10ClNS. The zero-order chi connectivity index (χ0) is 8.55. The maximum atomic E-state index is 5.86. The molecule has 12 heavy (non-hydrogen) atoms. The van der Waals surface area contributed by atoms with Gasteiger partial charge in [0.25, 0.3) is 0 Å². The van der Waals surface area contributed by atoms with E-state index < -0.39 is 0 Å². The highest BCUT2D eigenvalue weighted by atomic mass is 35.5. The topological polar surface area (TPSA) is 15.8 Å². The molecule has 3 heteroatoms. The standard InChI is InChI=1S/C9H10ClNS/c10-9-5-8(12)6-3-1-2-4-7(6)11-9/h5H,1-4H2,(H,11,12). The molecule has 0 saturated carbocycles. The maximum Gasteiger partial charge on any atom is 0.107 e.